The molecule has 305 valence electrons. The topological polar surface area (TPSA) is 25.8 Å². The Kier molecular flexibility index (Phi) is 18.5. The van der Waals surface area contributed by atoms with E-state index in [9.17, 15) is 0 Å². The van der Waals surface area contributed by atoms with Crippen molar-refractivity contribution in [3.05, 3.63) is 180 Å². The summed E-state index contributed by atoms with van der Waals surface area (Å²) in [4.78, 5) is 9.15. The molecule has 0 unspecified atom stereocenters. The zero-order valence-electron chi connectivity index (χ0n) is 35.6. The number of rotatable bonds is 17. The maximum atomic E-state index is 4.72. The van der Waals surface area contributed by atoms with Gasteiger partial charge in [0.25, 0.3) is 0 Å². The summed E-state index contributed by atoms with van der Waals surface area (Å²) in [6.07, 6.45) is 19.4. The van der Waals surface area contributed by atoms with E-state index in [1.54, 1.807) is 0 Å². The molecule has 2 aromatic heterocycles. The number of hydrogen-bond donors (Lipinski definition) is 0. The third-order valence-corrected chi connectivity index (χ3v) is 11.0. The summed E-state index contributed by atoms with van der Waals surface area (Å²) in [5, 5.41) is 0. The van der Waals surface area contributed by atoms with Crippen molar-refractivity contribution >= 4 is 0 Å². The van der Waals surface area contributed by atoms with Crippen LogP contribution in [0.4, 0.5) is 0 Å². The van der Waals surface area contributed by atoms with Crippen molar-refractivity contribution < 1.29 is 20.1 Å². The van der Waals surface area contributed by atoms with Crippen LogP contribution >= 0.6 is 0 Å². The number of unbranched alkanes of at least 4 members (excludes halogenated alkanes) is 8. The van der Waals surface area contributed by atoms with E-state index in [1.165, 1.54) is 127 Å². The van der Waals surface area contributed by atoms with E-state index in [4.69, 9.17) is 4.98 Å². The molecule has 0 saturated heterocycles. The standard InChI is InChI=1S/C33H36N.C23H24N.Ir/c1-4-5-6-7-8-10-14-27-15-13-18-29(23-27)31-21-25(2)33(26(3)22-31)30-19-20-32(34-24-30)28-16-11-9-12-17-28;1-2-3-4-5-10-19-11-8-12-20(17-19)21-13-9-14-22(18-21)23-15-6-7-16-24-23;/h9,11-13,15-16,18-24H,4-8,10,14H2,1-3H3;6-9,11-13,15-18H,2-5,10H2,1H3;/q2*-1;. The summed E-state index contributed by atoms with van der Waals surface area (Å²) in [6, 6.07) is 53.8. The molecule has 0 bridgehead atoms. The summed E-state index contributed by atoms with van der Waals surface area (Å²) < 4.78 is 0. The molecule has 0 aliphatic heterocycles. The Hall–Kier alpha value is -4.95. The van der Waals surface area contributed by atoms with Crippen LogP contribution in [-0.2, 0) is 32.9 Å². The van der Waals surface area contributed by atoms with E-state index in [0.717, 1.165) is 28.1 Å². The quantitative estimate of drug-likeness (QED) is 0.0671. The number of nitrogens with zero attached hydrogens (tertiary/aromatic N) is 2. The van der Waals surface area contributed by atoms with Gasteiger partial charge in [-0.25, -0.2) is 0 Å². The Morgan fingerprint density at radius 2 is 1.03 bits per heavy atom. The molecular formula is C56H60IrN2-2. The van der Waals surface area contributed by atoms with Gasteiger partial charge in [0.05, 0.1) is 0 Å². The summed E-state index contributed by atoms with van der Waals surface area (Å²) in [6.45, 7) is 8.96. The molecule has 0 fully saturated rings. The molecule has 0 atom stereocenters. The van der Waals surface area contributed by atoms with Gasteiger partial charge in [0.2, 0.25) is 0 Å². The minimum Gasteiger partial charge on any atom is -0.305 e. The predicted molar refractivity (Wildman–Crippen MR) is 248 cm³/mol. The SMILES string of the molecule is CCCCCCCCc1cccc(-c2cc(C)c(-c3ccc(-c4[c-]cccc4)nc3)c(C)c2)c1.CCCCCCc1cccc(-c2cc[c-]c(-c3ccccn3)c2)c1.[Ir]. The van der Waals surface area contributed by atoms with Crippen LogP contribution in [-0.4, -0.2) is 9.97 Å². The Balaban J connectivity index is 0.000000233. The van der Waals surface area contributed by atoms with Crippen LogP contribution in [0.15, 0.2) is 146 Å². The zero-order valence-corrected chi connectivity index (χ0v) is 38.0. The second kappa shape index (κ2) is 24.2. The van der Waals surface area contributed by atoms with Gasteiger partial charge in [-0.1, -0.05) is 150 Å². The van der Waals surface area contributed by atoms with Crippen LogP contribution in [0.5, 0.6) is 0 Å². The van der Waals surface area contributed by atoms with Crippen LogP contribution < -0.4 is 0 Å². The van der Waals surface area contributed by atoms with Gasteiger partial charge in [0.15, 0.2) is 0 Å². The van der Waals surface area contributed by atoms with E-state index >= 15 is 0 Å². The Bertz CT molecular complexity index is 2260. The second-order valence-corrected chi connectivity index (χ2v) is 15.6. The minimum absolute atomic E-state index is 0. The maximum absolute atomic E-state index is 4.72. The normalized spacial score (nSPS) is 10.7. The number of benzene rings is 5. The zero-order chi connectivity index (χ0) is 40.4. The smallest absolute Gasteiger partial charge is 0.0239 e. The van der Waals surface area contributed by atoms with E-state index in [0.29, 0.717) is 0 Å². The number of hydrogen-bond acceptors (Lipinski definition) is 2. The number of pyridine rings is 2. The molecule has 3 heteroatoms. The first-order valence-corrected chi connectivity index (χ1v) is 21.7. The molecule has 5 aromatic carbocycles. The predicted octanol–water partition coefficient (Wildman–Crippen LogP) is 15.7. The van der Waals surface area contributed by atoms with Crippen LogP contribution in [0.25, 0.3) is 55.9 Å². The minimum atomic E-state index is 0. The largest absolute Gasteiger partial charge is 0.305 e. The fourth-order valence-electron chi connectivity index (χ4n) is 7.83. The molecule has 0 spiro atoms. The molecule has 2 nitrogen and oxygen atoms in total. The molecule has 59 heavy (non-hydrogen) atoms. The van der Waals surface area contributed by atoms with E-state index in [-0.39, 0.29) is 20.1 Å². The average molecular weight is 953 g/mol. The third-order valence-electron chi connectivity index (χ3n) is 11.0. The molecule has 7 aromatic rings. The van der Waals surface area contributed by atoms with Crippen molar-refractivity contribution in [2.24, 2.45) is 0 Å². The van der Waals surface area contributed by atoms with Gasteiger partial charge >= 0.3 is 0 Å². The van der Waals surface area contributed by atoms with E-state index in [2.05, 4.69) is 130 Å². The molecule has 0 N–H and O–H groups in total. The van der Waals surface area contributed by atoms with Crippen LogP contribution in [0, 0.1) is 26.0 Å². The Morgan fingerprint density at radius 3 is 1.64 bits per heavy atom. The van der Waals surface area contributed by atoms with Crippen molar-refractivity contribution in [2.45, 2.75) is 105 Å². The first-order chi connectivity index (χ1) is 28.5. The van der Waals surface area contributed by atoms with Gasteiger partial charge in [-0.3, -0.25) is 0 Å². The fourth-order valence-corrected chi connectivity index (χ4v) is 7.83. The van der Waals surface area contributed by atoms with Crippen molar-refractivity contribution in [1.82, 2.24) is 9.97 Å². The summed E-state index contributed by atoms with van der Waals surface area (Å²) in [5.41, 5.74) is 17.0. The van der Waals surface area contributed by atoms with Gasteiger partial charge in [-0.05, 0) is 107 Å². The van der Waals surface area contributed by atoms with Gasteiger partial charge in [0, 0.05) is 32.5 Å². The van der Waals surface area contributed by atoms with Crippen molar-refractivity contribution in [3.63, 3.8) is 0 Å². The van der Waals surface area contributed by atoms with Gasteiger partial charge in [-0.15, -0.1) is 71.3 Å². The summed E-state index contributed by atoms with van der Waals surface area (Å²) >= 11 is 0. The van der Waals surface area contributed by atoms with Crippen molar-refractivity contribution in [1.29, 1.82) is 0 Å². The maximum Gasteiger partial charge on any atom is 0.0239 e. The second-order valence-electron chi connectivity index (χ2n) is 15.6. The monoisotopic (exact) mass is 953 g/mol. The molecule has 2 heterocycles. The van der Waals surface area contributed by atoms with Crippen LogP contribution in [0.3, 0.4) is 0 Å². The van der Waals surface area contributed by atoms with Gasteiger partial charge < -0.3 is 9.97 Å². The van der Waals surface area contributed by atoms with Crippen molar-refractivity contribution in [2.75, 3.05) is 0 Å². The first kappa shape index (κ1) is 45.1. The first-order valence-electron chi connectivity index (χ1n) is 21.7. The molecule has 7 rings (SSSR count). The molecule has 0 aliphatic carbocycles. The summed E-state index contributed by atoms with van der Waals surface area (Å²) in [5.74, 6) is 0. The van der Waals surface area contributed by atoms with E-state index in [1.807, 2.05) is 60.9 Å². The van der Waals surface area contributed by atoms with Crippen molar-refractivity contribution in [3.8, 4) is 55.9 Å². The summed E-state index contributed by atoms with van der Waals surface area (Å²) in [7, 11) is 0. The Morgan fingerprint density at radius 1 is 0.441 bits per heavy atom. The number of aryl methyl sites for hydroxylation is 4. The van der Waals surface area contributed by atoms with E-state index < -0.39 is 0 Å². The van der Waals surface area contributed by atoms with Gasteiger partial charge in [-0.2, -0.15) is 0 Å². The Labute approximate surface area is 369 Å². The van der Waals surface area contributed by atoms with Crippen LogP contribution in [0.2, 0.25) is 0 Å². The van der Waals surface area contributed by atoms with Gasteiger partial charge in [0.1, 0.15) is 0 Å². The average Bonchev–Trinajstić information content (AvgIpc) is 3.27. The molecule has 0 saturated carbocycles. The molecule has 1 radical (unpaired) electrons. The fraction of sp³-hybridized carbons (Fsp3) is 0.286. The molecule has 0 aliphatic rings. The molecular weight excluding hydrogens is 893 g/mol. The number of aromatic nitrogens is 2. The molecule has 0 amide bonds. The van der Waals surface area contributed by atoms with Crippen LogP contribution in [0.1, 0.15) is 100 Å². The third kappa shape index (κ3) is 13.5.